The Morgan fingerprint density at radius 3 is 3.18 bits per heavy atom. The highest BCUT2D eigenvalue weighted by Crippen LogP contribution is 2.09. The maximum absolute atomic E-state index is 9.99. The Bertz CT molecular complexity index is 142. The first kappa shape index (κ1) is 8.47. The highest BCUT2D eigenvalue weighted by atomic mass is 16.1. The fourth-order valence-electron chi connectivity index (χ4n) is 1.31. The predicted octanol–water partition coefficient (Wildman–Crippen LogP) is 1.27. The number of carbonyl (C=O) groups excluding carboxylic acids is 1. The third-order valence-electron chi connectivity index (χ3n) is 1.92. The third kappa shape index (κ3) is 3.33. The van der Waals surface area contributed by atoms with Gasteiger partial charge in [0.2, 0.25) is 0 Å². The van der Waals surface area contributed by atoms with Gasteiger partial charge in [-0.2, -0.15) is 0 Å². The van der Waals surface area contributed by atoms with Gasteiger partial charge in [-0.05, 0) is 19.3 Å². The van der Waals surface area contributed by atoms with Crippen molar-refractivity contribution in [2.24, 2.45) is 0 Å². The summed E-state index contributed by atoms with van der Waals surface area (Å²) in [6.07, 6.45) is 9.71. The Morgan fingerprint density at radius 2 is 2.55 bits per heavy atom. The molecule has 0 aromatic heterocycles. The molecule has 0 spiro atoms. The molecule has 1 N–H and O–H groups in total. The molecule has 0 heterocycles. The lowest BCUT2D eigenvalue weighted by atomic mass is 10.0. The van der Waals surface area contributed by atoms with E-state index in [1.54, 1.807) is 0 Å². The lowest BCUT2D eigenvalue weighted by molar-refractivity contribution is -0.107. The van der Waals surface area contributed by atoms with Crippen molar-refractivity contribution >= 4 is 6.29 Å². The third-order valence-corrected chi connectivity index (χ3v) is 1.92. The summed E-state index contributed by atoms with van der Waals surface area (Å²) in [6.45, 7) is 0.818. The normalized spacial score (nSPS) is 23.5. The molecule has 62 valence electrons. The Morgan fingerprint density at radius 1 is 1.64 bits per heavy atom. The summed E-state index contributed by atoms with van der Waals surface area (Å²) in [7, 11) is 0. The molecule has 1 rings (SSSR count). The molecule has 0 aromatic carbocycles. The van der Waals surface area contributed by atoms with E-state index in [1.165, 1.54) is 19.3 Å². The van der Waals surface area contributed by atoms with E-state index < -0.39 is 0 Å². The number of hydrogen-bond acceptors (Lipinski definition) is 2. The van der Waals surface area contributed by atoms with Gasteiger partial charge in [0.25, 0.3) is 0 Å². The molecule has 0 radical (unpaired) electrons. The van der Waals surface area contributed by atoms with Crippen LogP contribution in [0.1, 0.15) is 25.7 Å². The molecule has 2 heteroatoms. The fourth-order valence-corrected chi connectivity index (χ4v) is 1.31. The standard InChI is InChI=1S/C9H15NO/c11-8-4-7-10-9-5-2-1-3-6-9/h2,5,8-10H,1,3-4,6-7H2. The first-order valence-electron chi connectivity index (χ1n) is 4.27. The van der Waals surface area contributed by atoms with E-state index in [2.05, 4.69) is 17.5 Å². The molecular weight excluding hydrogens is 138 g/mol. The molecule has 0 amide bonds. The number of carbonyl (C=O) groups is 1. The monoisotopic (exact) mass is 153 g/mol. The summed E-state index contributed by atoms with van der Waals surface area (Å²) >= 11 is 0. The second kappa shape index (κ2) is 5.08. The Balaban J connectivity index is 2.09. The van der Waals surface area contributed by atoms with Crippen molar-refractivity contribution < 1.29 is 4.79 Å². The lowest BCUT2D eigenvalue weighted by Gasteiger charge is -2.16. The molecule has 0 aromatic rings. The van der Waals surface area contributed by atoms with Crippen molar-refractivity contribution in [1.82, 2.24) is 5.32 Å². The summed E-state index contributed by atoms with van der Waals surface area (Å²) in [5.74, 6) is 0. The van der Waals surface area contributed by atoms with Gasteiger partial charge in [0, 0.05) is 19.0 Å². The molecule has 1 aliphatic rings. The van der Waals surface area contributed by atoms with E-state index in [1.807, 2.05) is 0 Å². The van der Waals surface area contributed by atoms with Gasteiger partial charge in [-0.1, -0.05) is 12.2 Å². The molecule has 1 atom stereocenters. The van der Waals surface area contributed by atoms with Crippen LogP contribution >= 0.6 is 0 Å². The van der Waals surface area contributed by atoms with E-state index in [-0.39, 0.29) is 0 Å². The van der Waals surface area contributed by atoms with Crippen molar-refractivity contribution in [1.29, 1.82) is 0 Å². The minimum absolute atomic E-state index is 0.517. The average Bonchev–Trinajstić information content (AvgIpc) is 2.07. The first-order valence-corrected chi connectivity index (χ1v) is 4.27. The Labute approximate surface area is 67.7 Å². The van der Waals surface area contributed by atoms with Crippen LogP contribution in [0, 0.1) is 0 Å². The van der Waals surface area contributed by atoms with Crippen LogP contribution in [0.2, 0.25) is 0 Å². The number of rotatable bonds is 4. The minimum Gasteiger partial charge on any atom is -0.310 e. The van der Waals surface area contributed by atoms with Crippen LogP contribution in [0.15, 0.2) is 12.2 Å². The molecule has 1 aliphatic carbocycles. The van der Waals surface area contributed by atoms with Crippen molar-refractivity contribution in [3.8, 4) is 0 Å². The summed E-state index contributed by atoms with van der Waals surface area (Å²) < 4.78 is 0. The van der Waals surface area contributed by atoms with Crippen molar-refractivity contribution in [2.45, 2.75) is 31.7 Å². The summed E-state index contributed by atoms with van der Waals surface area (Å²) in [5.41, 5.74) is 0. The molecule has 0 fully saturated rings. The van der Waals surface area contributed by atoms with Crippen molar-refractivity contribution in [2.75, 3.05) is 6.54 Å². The van der Waals surface area contributed by atoms with Crippen LogP contribution in [0.25, 0.3) is 0 Å². The molecule has 2 nitrogen and oxygen atoms in total. The molecule has 11 heavy (non-hydrogen) atoms. The number of nitrogens with one attached hydrogen (secondary N) is 1. The maximum Gasteiger partial charge on any atom is 0.121 e. The number of allylic oxidation sites excluding steroid dienone is 1. The molecule has 1 unspecified atom stereocenters. The van der Waals surface area contributed by atoms with Crippen LogP contribution < -0.4 is 5.32 Å². The largest absolute Gasteiger partial charge is 0.310 e. The highest BCUT2D eigenvalue weighted by molar-refractivity contribution is 5.49. The molecular formula is C9H15NO. The number of aldehydes is 1. The maximum atomic E-state index is 9.99. The Kier molecular flexibility index (Phi) is 3.91. The van der Waals surface area contributed by atoms with Crippen molar-refractivity contribution in [3.05, 3.63) is 12.2 Å². The van der Waals surface area contributed by atoms with Crippen molar-refractivity contribution in [3.63, 3.8) is 0 Å². The second-order valence-corrected chi connectivity index (χ2v) is 2.88. The van der Waals surface area contributed by atoms with Gasteiger partial charge >= 0.3 is 0 Å². The zero-order valence-electron chi connectivity index (χ0n) is 6.75. The lowest BCUT2D eigenvalue weighted by Crippen LogP contribution is -2.29. The molecule has 0 saturated carbocycles. The van der Waals surface area contributed by atoms with Gasteiger partial charge < -0.3 is 10.1 Å². The van der Waals surface area contributed by atoms with E-state index in [0.717, 1.165) is 12.8 Å². The van der Waals surface area contributed by atoms with Crippen LogP contribution in [-0.4, -0.2) is 18.9 Å². The predicted molar refractivity (Wildman–Crippen MR) is 45.5 cm³/mol. The van der Waals surface area contributed by atoms with Gasteiger partial charge in [0.15, 0.2) is 0 Å². The van der Waals surface area contributed by atoms with Gasteiger partial charge in [0.05, 0.1) is 0 Å². The van der Waals surface area contributed by atoms with E-state index in [0.29, 0.717) is 12.5 Å². The summed E-state index contributed by atoms with van der Waals surface area (Å²) in [4.78, 5) is 9.99. The molecule has 0 bridgehead atoms. The number of hydrogen-bond donors (Lipinski definition) is 1. The van der Waals surface area contributed by atoms with Crippen LogP contribution in [0.5, 0.6) is 0 Å². The molecule has 0 saturated heterocycles. The van der Waals surface area contributed by atoms with Crippen LogP contribution in [-0.2, 0) is 4.79 Å². The first-order chi connectivity index (χ1) is 5.43. The minimum atomic E-state index is 0.517. The average molecular weight is 153 g/mol. The zero-order valence-corrected chi connectivity index (χ0v) is 6.75. The van der Waals surface area contributed by atoms with Gasteiger partial charge in [-0.25, -0.2) is 0 Å². The van der Waals surface area contributed by atoms with Crippen LogP contribution in [0.4, 0.5) is 0 Å². The topological polar surface area (TPSA) is 29.1 Å². The second-order valence-electron chi connectivity index (χ2n) is 2.88. The van der Waals surface area contributed by atoms with Gasteiger partial charge in [0.1, 0.15) is 6.29 Å². The van der Waals surface area contributed by atoms with E-state index in [9.17, 15) is 4.79 Å². The SMILES string of the molecule is O=CCCNC1C=CCCC1. The zero-order chi connectivity index (χ0) is 7.94. The summed E-state index contributed by atoms with van der Waals surface area (Å²) in [6, 6.07) is 0.517. The van der Waals surface area contributed by atoms with Gasteiger partial charge in [-0.3, -0.25) is 0 Å². The van der Waals surface area contributed by atoms with Crippen LogP contribution in [0.3, 0.4) is 0 Å². The fraction of sp³-hybridized carbons (Fsp3) is 0.667. The van der Waals surface area contributed by atoms with Gasteiger partial charge in [-0.15, -0.1) is 0 Å². The molecule has 0 aliphatic heterocycles. The quantitative estimate of drug-likeness (QED) is 0.374. The Hall–Kier alpha value is -0.630. The van der Waals surface area contributed by atoms with E-state index in [4.69, 9.17) is 0 Å². The highest BCUT2D eigenvalue weighted by Gasteiger charge is 2.05. The summed E-state index contributed by atoms with van der Waals surface area (Å²) in [5, 5.41) is 3.30. The van der Waals surface area contributed by atoms with E-state index >= 15 is 0 Å². The smallest absolute Gasteiger partial charge is 0.121 e.